The molecule has 0 unspecified atom stereocenters. The lowest BCUT2D eigenvalue weighted by atomic mass is 10.0. The summed E-state index contributed by atoms with van der Waals surface area (Å²) in [7, 11) is 1.00. The van der Waals surface area contributed by atoms with E-state index in [1.54, 1.807) is 17.3 Å². The van der Waals surface area contributed by atoms with Crippen LogP contribution < -0.4 is 15.1 Å². The summed E-state index contributed by atoms with van der Waals surface area (Å²) in [6.45, 7) is 16.5. The van der Waals surface area contributed by atoms with Gasteiger partial charge in [0.05, 0.1) is 34.8 Å². The Kier molecular flexibility index (Phi) is 13.7. The number of ether oxygens (including phenoxy) is 1. The van der Waals surface area contributed by atoms with Gasteiger partial charge in [0.2, 0.25) is 0 Å². The minimum absolute atomic E-state index is 0.259. The number of carbonyl (C=O) groups excluding carboxylic acids is 1. The number of aromatic amines is 2. The van der Waals surface area contributed by atoms with Gasteiger partial charge in [-0.05, 0) is 106 Å². The fourth-order valence-electron chi connectivity index (χ4n) is 9.36. The number of hydrogen-bond acceptors (Lipinski definition) is 14. The van der Waals surface area contributed by atoms with Crippen LogP contribution in [0.25, 0.3) is 88.6 Å². The number of hydrogen-bond donors (Lipinski definition) is 4. The van der Waals surface area contributed by atoms with Gasteiger partial charge in [-0.2, -0.15) is 0 Å². The van der Waals surface area contributed by atoms with Crippen LogP contribution in [0.1, 0.15) is 31.9 Å². The molecule has 1 amide bonds. The van der Waals surface area contributed by atoms with E-state index in [0.29, 0.717) is 26.2 Å². The van der Waals surface area contributed by atoms with E-state index < -0.39 is 5.60 Å². The van der Waals surface area contributed by atoms with Crippen molar-refractivity contribution in [1.82, 2.24) is 60.1 Å². The van der Waals surface area contributed by atoms with Crippen molar-refractivity contribution < 1.29 is 14.6 Å². The highest BCUT2D eigenvalue weighted by Gasteiger charge is 2.27. The van der Waals surface area contributed by atoms with E-state index in [9.17, 15) is 4.79 Å². The number of amides is 1. The third kappa shape index (κ3) is 10.4. The Bertz CT molecular complexity index is 3560. The van der Waals surface area contributed by atoms with Crippen molar-refractivity contribution >= 4 is 61.6 Å². The van der Waals surface area contributed by atoms with E-state index in [-0.39, 0.29) is 6.09 Å². The number of aliphatic hydroxyl groups excluding tert-OH is 1. The summed E-state index contributed by atoms with van der Waals surface area (Å²) in [5.74, 6) is 1.95. The van der Waals surface area contributed by atoms with Crippen molar-refractivity contribution in [2.75, 3.05) is 69.3 Å². The lowest BCUT2D eigenvalue weighted by Crippen LogP contribution is -2.50. The number of pyridine rings is 8. The maximum absolute atomic E-state index is 12.4. The van der Waals surface area contributed by atoms with E-state index in [2.05, 4.69) is 95.3 Å². The second-order valence-corrected chi connectivity index (χ2v) is 19.1. The molecule has 2 aliphatic heterocycles. The molecule has 0 radical (unpaired) electrons. The molecule has 2 fully saturated rings. The average molecular weight is 975 g/mol. The van der Waals surface area contributed by atoms with Gasteiger partial charge in [0, 0.05) is 164 Å². The summed E-state index contributed by atoms with van der Waals surface area (Å²) >= 11 is 0. The van der Waals surface area contributed by atoms with E-state index in [0.717, 1.165) is 139 Å². The molecule has 10 aromatic rings. The van der Waals surface area contributed by atoms with Gasteiger partial charge in [-0.15, -0.1) is 0 Å². The average Bonchev–Trinajstić information content (AvgIpc) is 3.99. The Morgan fingerprint density at radius 3 is 1.47 bits per heavy atom. The molecular weight excluding hydrogens is 917 g/mol. The normalized spacial score (nSPS) is 14.0. The van der Waals surface area contributed by atoms with Gasteiger partial charge in [0.25, 0.3) is 0 Å². The Labute approximate surface area is 422 Å². The standard InChI is InChI=1S/C30H31N7O2.C25H23N7.CH4O/c1-19-12-27(36-8-10-37(11-9-36)29(38)39-30(2,3)4)33-17-24(19)21-13-23-22-14-25(20-6-5-7-31-15-20)32-18-26(22)35-28(23)34-16-21;1-16-9-24(32-7-5-26-6-8-32)29-14-21(16)18-10-20-19-11-22(17-3-2-4-27-12-17)28-15-23(19)31-25(20)30-13-18;1-2/h5-7,12-18H,8-11H2,1-4H3,(H,34,35);2-4,9-15,26H,5-8H2,1H3,(H,30,31);2H,1H3. The third-order valence-electron chi connectivity index (χ3n) is 13.1. The zero-order valence-corrected chi connectivity index (χ0v) is 41.9. The molecule has 17 nitrogen and oxygen atoms in total. The first-order chi connectivity index (χ1) is 35.5. The van der Waals surface area contributed by atoms with E-state index in [1.165, 1.54) is 5.56 Å². The van der Waals surface area contributed by atoms with Gasteiger partial charge in [0.15, 0.2) is 0 Å². The van der Waals surface area contributed by atoms with Crippen molar-refractivity contribution in [3.05, 3.63) is 134 Å². The van der Waals surface area contributed by atoms with Gasteiger partial charge < -0.3 is 39.8 Å². The number of fused-ring (bicyclic) bond motifs is 6. The number of aromatic nitrogens is 10. The Hall–Kier alpha value is -8.41. The van der Waals surface area contributed by atoms with Crippen molar-refractivity contribution in [3.63, 3.8) is 0 Å². The first-order valence-electron chi connectivity index (χ1n) is 24.4. The SMILES string of the molecule is CO.Cc1cc(N2CCN(C(=O)OC(C)(C)C)CC2)ncc1-c1cnc2[nH]c3cnc(-c4cccnc4)cc3c2c1.Cc1cc(N2CCNCC2)ncc1-c1cnc2[nH]c3cnc(-c4cccnc4)cc3c2c1. The monoisotopic (exact) mass is 974 g/mol. The molecule has 2 saturated heterocycles. The molecule has 10 aromatic heterocycles. The highest BCUT2D eigenvalue weighted by molar-refractivity contribution is 6.09. The molecule has 4 N–H and O–H groups in total. The minimum Gasteiger partial charge on any atom is -0.444 e. The number of piperazine rings is 2. The van der Waals surface area contributed by atoms with E-state index in [4.69, 9.17) is 29.8 Å². The first kappa shape index (κ1) is 48.2. The Balaban J connectivity index is 0.000000165. The van der Waals surface area contributed by atoms with Crippen LogP contribution >= 0.6 is 0 Å². The van der Waals surface area contributed by atoms with Crippen LogP contribution in [0.15, 0.2) is 123 Å². The molecule has 12 rings (SSSR count). The number of rotatable bonds is 6. The van der Waals surface area contributed by atoms with Crippen LogP contribution in [0, 0.1) is 13.8 Å². The molecule has 0 atom stereocenters. The first-order valence-corrected chi connectivity index (χ1v) is 24.4. The van der Waals surface area contributed by atoms with Crippen molar-refractivity contribution in [2.45, 2.75) is 40.2 Å². The summed E-state index contributed by atoms with van der Waals surface area (Å²) in [6, 6.07) is 20.7. The fourth-order valence-corrected chi connectivity index (χ4v) is 9.36. The van der Waals surface area contributed by atoms with Gasteiger partial charge in [-0.3, -0.25) is 19.9 Å². The second kappa shape index (κ2) is 20.7. The predicted octanol–water partition coefficient (Wildman–Crippen LogP) is 9.16. The topological polar surface area (TPSA) is 203 Å². The van der Waals surface area contributed by atoms with Gasteiger partial charge in [0.1, 0.15) is 28.5 Å². The van der Waals surface area contributed by atoms with Gasteiger partial charge in [-0.1, -0.05) is 0 Å². The largest absolute Gasteiger partial charge is 0.444 e. The van der Waals surface area contributed by atoms with Crippen LogP contribution in [0.2, 0.25) is 0 Å². The molecule has 0 saturated carbocycles. The van der Waals surface area contributed by atoms with Crippen molar-refractivity contribution in [3.8, 4) is 44.8 Å². The highest BCUT2D eigenvalue weighted by Crippen LogP contribution is 2.34. The number of anilines is 2. The van der Waals surface area contributed by atoms with Crippen molar-refractivity contribution in [2.24, 2.45) is 0 Å². The molecular formula is C56H58N14O3. The number of aliphatic hydroxyl groups is 1. The smallest absolute Gasteiger partial charge is 0.410 e. The molecule has 12 heterocycles. The summed E-state index contributed by atoms with van der Waals surface area (Å²) in [4.78, 5) is 62.1. The molecule has 0 aliphatic carbocycles. The van der Waals surface area contributed by atoms with Gasteiger partial charge in [-0.25, -0.2) is 24.7 Å². The van der Waals surface area contributed by atoms with E-state index >= 15 is 0 Å². The third-order valence-corrected chi connectivity index (χ3v) is 13.1. The van der Waals surface area contributed by atoms with Crippen LogP contribution in [-0.4, -0.2) is 131 Å². The molecule has 0 aromatic carbocycles. The van der Waals surface area contributed by atoms with Crippen LogP contribution in [-0.2, 0) is 4.74 Å². The number of nitrogens with one attached hydrogen (secondary N) is 3. The van der Waals surface area contributed by atoms with Crippen LogP contribution in [0.4, 0.5) is 16.4 Å². The van der Waals surface area contributed by atoms with E-state index in [1.807, 2.05) is 94.6 Å². The van der Waals surface area contributed by atoms with Crippen molar-refractivity contribution in [1.29, 1.82) is 0 Å². The zero-order valence-electron chi connectivity index (χ0n) is 41.9. The van der Waals surface area contributed by atoms with Crippen LogP contribution in [0.3, 0.4) is 0 Å². The predicted molar refractivity (Wildman–Crippen MR) is 288 cm³/mol. The minimum atomic E-state index is -0.494. The zero-order chi connectivity index (χ0) is 50.6. The number of nitrogens with zero attached hydrogens (tertiary/aromatic N) is 11. The summed E-state index contributed by atoms with van der Waals surface area (Å²) in [6.07, 6.45) is 18.4. The number of H-pyrrole nitrogens is 2. The molecule has 0 bridgehead atoms. The molecule has 73 heavy (non-hydrogen) atoms. The Morgan fingerprint density at radius 2 is 1.03 bits per heavy atom. The fraction of sp³-hybridized carbons (Fsp3) is 0.268. The lowest BCUT2D eigenvalue weighted by Gasteiger charge is -2.36. The summed E-state index contributed by atoms with van der Waals surface area (Å²) < 4.78 is 5.52. The highest BCUT2D eigenvalue weighted by atomic mass is 16.6. The molecule has 2 aliphatic rings. The number of aryl methyl sites for hydroxylation is 2. The second-order valence-electron chi connectivity index (χ2n) is 19.1. The van der Waals surface area contributed by atoms with Gasteiger partial charge >= 0.3 is 6.09 Å². The maximum atomic E-state index is 12.4. The lowest BCUT2D eigenvalue weighted by molar-refractivity contribution is 0.0240. The summed E-state index contributed by atoms with van der Waals surface area (Å²) in [5, 5.41) is 14.7. The molecule has 17 heteroatoms. The maximum Gasteiger partial charge on any atom is 0.410 e. The number of carbonyl (C=O) groups is 1. The van der Waals surface area contributed by atoms with Crippen LogP contribution in [0.5, 0.6) is 0 Å². The molecule has 0 spiro atoms. The Morgan fingerprint density at radius 1 is 0.548 bits per heavy atom. The molecule has 370 valence electrons. The summed E-state index contributed by atoms with van der Waals surface area (Å²) in [5.41, 5.74) is 13.4. The quantitative estimate of drug-likeness (QED) is 0.123.